The maximum absolute atomic E-state index is 5.54. The zero-order valence-electron chi connectivity index (χ0n) is 10.5. The van der Waals surface area contributed by atoms with Gasteiger partial charge in [0.25, 0.3) is 0 Å². The van der Waals surface area contributed by atoms with Gasteiger partial charge in [0.05, 0.1) is 0 Å². The lowest BCUT2D eigenvalue weighted by molar-refractivity contribution is 0.230. The van der Waals surface area contributed by atoms with Crippen LogP contribution in [0.1, 0.15) is 36.8 Å². The number of halogens is 1. The van der Waals surface area contributed by atoms with Crippen molar-refractivity contribution in [1.29, 1.82) is 0 Å². The normalized spacial score (nSPS) is 20.3. The Bertz CT molecular complexity index is 378. The van der Waals surface area contributed by atoms with E-state index in [4.69, 9.17) is 5.73 Å². The number of benzene rings is 1. The Balaban J connectivity index is 2.06. The fraction of sp³-hybridized carbons (Fsp3) is 0.571. The zero-order chi connectivity index (χ0) is 12.3. The second-order valence-corrected chi connectivity index (χ2v) is 5.80. The van der Waals surface area contributed by atoms with Crippen LogP contribution in [0.15, 0.2) is 22.7 Å². The molecule has 0 spiro atoms. The molecule has 0 saturated heterocycles. The minimum atomic E-state index is 0.618. The van der Waals surface area contributed by atoms with Crippen LogP contribution in [0.4, 0.5) is 0 Å². The Morgan fingerprint density at radius 3 is 3.00 bits per heavy atom. The van der Waals surface area contributed by atoms with Gasteiger partial charge < -0.3 is 5.73 Å². The fourth-order valence-corrected chi connectivity index (χ4v) is 3.50. The molecule has 0 amide bonds. The van der Waals surface area contributed by atoms with Crippen molar-refractivity contribution in [2.75, 3.05) is 19.6 Å². The Morgan fingerprint density at radius 1 is 1.41 bits per heavy atom. The molecule has 1 aliphatic rings. The van der Waals surface area contributed by atoms with E-state index in [-0.39, 0.29) is 0 Å². The minimum absolute atomic E-state index is 0.618. The standard InChI is InChI=1S/C14H21BrN2/c1-11-9-17(8-3-2-7-16)10-12-5-4-6-13(15)14(11)12/h4-6,11H,2-3,7-10,16H2,1H3. The summed E-state index contributed by atoms with van der Waals surface area (Å²) in [7, 11) is 0. The molecule has 2 rings (SSSR count). The molecule has 1 aliphatic heterocycles. The van der Waals surface area contributed by atoms with Gasteiger partial charge in [-0.3, -0.25) is 4.90 Å². The average molecular weight is 297 g/mol. The van der Waals surface area contributed by atoms with Gasteiger partial charge in [-0.05, 0) is 49.0 Å². The lowest BCUT2D eigenvalue weighted by Gasteiger charge is -2.33. The summed E-state index contributed by atoms with van der Waals surface area (Å²) in [6.45, 7) is 6.56. The predicted molar refractivity (Wildman–Crippen MR) is 76.1 cm³/mol. The van der Waals surface area contributed by atoms with E-state index >= 15 is 0 Å². The molecule has 0 bridgehead atoms. The van der Waals surface area contributed by atoms with Gasteiger partial charge in [-0.1, -0.05) is 35.0 Å². The van der Waals surface area contributed by atoms with E-state index in [9.17, 15) is 0 Å². The van der Waals surface area contributed by atoms with Crippen LogP contribution in [0, 0.1) is 0 Å². The highest BCUT2D eigenvalue weighted by atomic mass is 79.9. The third-order valence-corrected chi connectivity index (χ3v) is 4.18. The van der Waals surface area contributed by atoms with E-state index < -0.39 is 0 Å². The summed E-state index contributed by atoms with van der Waals surface area (Å²) < 4.78 is 1.27. The molecule has 0 saturated carbocycles. The highest BCUT2D eigenvalue weighted by molar-refractivity contribution is 9.10. The topological polar surface area (TPSA) is 29.3 Å². The van der Waals surface area contributed by atoms with Crippen LogP contribution < -0.4 is 5.73 Å². The maximum Gasteiger partial charge on any atom is 0.0237 e. The van der Waals surface area contributed by atoms with Crippen molar-refractivity contribution < 1.29 is 0 Å². The van der Waals surface area contributed by atoms with Crippen LogP contribution in [-0.4, -0.2) is 24.5 Å². The first-order chi connectivity index (χ1) is 8.22. The van der Waals surface area contributed by atoms with Crippen molar-refractivity contribution in [2.24, 2.45) is 5.73 Å². The Hall–Kier alpha value is -0.380. The minimum Gasteiger partial charge on any atom is -0.330 e. The van der Waals surface area contributed by atoms with Crippen LogP contribution in [-0.2, 0) is 6.54 Å². The molecule has 0 radical (unpaired) electrons. The fourth-order valence-electron chi connectivity index (χ4n) is 2.71. The predicted octanol–water partition coefficient (Wildman–Crippen LogP) is 3.11. The van der Waals surface area contributed by atoms with Crippen LogP contribution in [0.3, 0.4) is 0 Å². The number of hydrogen-bond donors (Lipinski definition) is 1. The van der Waals surface area contributed by atoms with Gasteiger partial charge in [-0.2, -0.15) is 0 Å². The number of rotatable bonds is 4. The monoisotopic (exact) mass is 296 g/mol. The SMILES string of the molecule is CC1CN(CCCCN)Cc2cccc(Br)c21. The smallest absolute Gasteiger partial charge is 0.0237 e. The van der Waals surface area contributed by atoms with Crippen molar-refractivity contribution in [3.63, 3.8) is 0 Å². The number of nitrogens with zero attached hydrogens (tertiary/aromatic N) is 1. The number of unbranched alkanes of at least 4 members (excludes halogenated alkanes) is 1. The Labute approximate surface area is 112 Å². The summed E-state index contributed by atoms with van der Waals surface area (Å²) in [6.07, 6.45) is 2.35. The summed E-state index contributed by atoms with van der Waals surface area (Å²) in [5.74, 6) is 0.618. The van der Waals surface area contributed by atoms with Crippen molar-refractivity contribution in [2.45, 2.75) is 32.2 Å². The van der Waals surface area contributed by atoms with E-state index in [2.05, 4.69) is 46.0 Å². The van der Waals surface area contributed by atoms with E-state index in [0.29, 0.717) is 5.92 Å². The highest BCUT2D eigenvalue weighted by Gasteiger charge is 2.23. The number of fused-ring (bicyclic) bond motifs is 1. The van der Waals surface area contributed by atoms with Crippen LogP contribution in [0.2, 0.25) is 0 Å². The first-order valence-electron chi connectivity index (χ1n) is 6.42. The van der Waals surface area contributed by atoms with Gasteiger partial charge in [-0.25, -0.2) is 0 Å². The molecule has 1 heterocycles. The molecule has 3 heteroatoms. The molecule has 0 aliphatic carbocycles. The second kappa shape index (κ2) is 5.98. The molecule has 0 aromatic heterocycles. The van der Waals surface area contributed by atoms with Crippen LogP contribution in [0.5, 0.6) is 0 Å². The molecule has 1 aromatic carbocycles. The summed E-state index contributed by atoms with van der Waals surface area (Å²) in [4.78, 5) is 2.55. The molecule has 94 valence electrons. The van der Waals surface area contributed by atoms with Gasteiger partial charge in [0.1, 0.15) is 0 Å². The van der Waals surface area contributed by atoms with E-state index in [1.54, 1.807) is 0 Å². The van der Waals surface area contributed by atoms with Crippen molar-refractivity contribution >= 4 is 15.9 Å². The lowest BCUT2D eigenvalue weighted by atomic mass is 9.91. The van der Waals surface area contributed by atoms with Gasteiger partial charge in [0.2, 0.25) is 0 Å². The summed E-state index contributed by atoms with van der Waals surface area (Å²) in [5.41, 5.74) is 8.52. The summed E-state index contributed by atoms with van der Waals surface area (Å²) in [6, 6.07) is 6.55. The van der Waals surface area contributed by atoms with E-state index in [0.717, 1.165) is 19.5 Å². The molecular weight excluding hydrogens is 276 g/mol. The van der Waals surface area contributed by atoms with Crippen LogP contribution in [0.25, 0.3) is 0 Å². The van der Waals surface area contributed by atoms with E-state index in [1.807, 2.05) is 0 Å². The Morgan fingerprint density at radius 2 is 2.24 bits per heavy atom. The molecule has 1 unspecified atom stereocenters. The average Bonchev–Trinajstić information content (AvgIpc) is 2.29. The molecule has 1 atom stereocenters. The number of nitrogens with two attached hydrogens (primary N) is 1. The molecule has 17 heavy (non-hydrogen) atoms. The third-order valence-electron chi connectivity index (χ3n) is 3.49. The number of hydrogen-bond acceptors (Lipinski definition) is 2. The third kappa shape index (κ3) is 3.09. The first kappa shape index (κ1) is 13.1. The maximum atomic E-state index is 5.54. The van der Waals surface area contributed by atoms with Crippen molar-refractivity contribution in [1.82, 2.24) is 4.90 Å². The lowest BCUT2D eigenvalue weighted by Crippen LogP contribution is -2.33. The first-order valence-corrected chi connectivity index (χ1v) is 7.21. The van der Waals surface area contributed by atoms with E-state index in [1.165, 1.54) is 35.1 Å². The van der Waals surface area contributed by atoms with Gasteiger partial charge >= 0.3 is 0 Å². The molecule has 1 aromatic rings. The molecule has 2 N–H and O–H groups in total. The summed E-state index contributed by atoms with van der Waals surface area (Å²) >= 11 is 3.67. The second-order valence-electron chi connectivity index (χ2n) is 4.94. The highest BCUT2D eigenvalue weighted by Crippen LogP contribution is 2.33. The zero-order valence-corrected chi connectivity index (χ0v) is 12.0. The molecular formula is C14H21BrN2. The van der Waals surface area contributed by atoms with Crippen LogP contribution >= 0.6 is 15.9 Å². The molecule has 2 nitrogen and oxygen atoms in total. The van der Waals surface area contributed by atoms with Crippen molar-refractivity contribution in [3.8, 4) is 0 Å². The van der Waals surface area contributed by atoms with Crippen molar-refractivity contribution in [3.05, 3.63) is 33.8 Å². The quantitative estimate of drug-likeness (QED) is 0.865. The van der Waals surface area contributed by atoms with Gasteiger partial charge in [-0.15, -0.1) is 0 Å². The molecule has 0 fully saturated rings. The Kier molecular flexibility index (Phi) is 4.60. The van der Waals surface area contributed by atoms with Gasteiger partial charge in [0.15, 0.2) is 0 Å². The van der Waals surface area contributed by atoms with Gasteiger partial charge in [0, 0.05) is 17.6 Å². The largest absolute Gasteiger partial charge is 0.330 e. The summed E-state index contributed by atoms with van der Waals surface area (Å²) in [5, 5.41) is 0.